The van der Waals surface area contributed by atoms with E-state index in [2.05, 4.69) is 20.4 Å². The highest BCUT2D eigenvalue weighted by Gasteiger charge is 2.10. The Balaban J connectivity index is 1.77. The van der Waals surface area contributed by atoms with Crippen LogP contribution in [0.25, 0.3) is 28.0 Å². The number of nitrogens with zero attached hydrogens (tertiary/aromatic N) is 4. The highest BCUT2D eigenvalue weighted by molar-refractivity contribution is 5.88. The van der Waals surface area contributed by atoms with Crippen LogP contribution in [0, 0.1) is 0 Å². The molecule has 0 amide bonds. The number of carboxylic acids is 1. The van der Waals surface area contributed by atoms with Crippen molar-refractivity contribution in [3.8, 4) is 17.1 Å². The summed E-state index contributed by atoms with van der Waals surface area (Å²) in [6, 6.07) is 12.5. The molecule has 7 heteroatoms. The fraction of sp³-hybridized carbons (Fsp3) is 0.0526. The Kier molecular flexibility index (Phi) is 3.81. The van der Waals surface area contributed by atoms with Crippen molar-refractivity contribution in [1.29, 1.82) is 0 Å². The number of benzene rings is 2. The lowest BCUT2D eigenvalue weighted by atomic mass is 10.1. The van der Waals surface area contributed by atoms with E-state index < -0.39 is 5.97 Å². The minimum Gasteiger partial charge on any atom is -0.478 e. The van der Waals surface area contributed by atoms with Crippen LogP contribution in [0.5, 0.6) is 0 Å². The first-order chi connectivity index (χ1) is 12.7. The second kappa shape index (κ2) is 6.29. The van der Waals surface area contributed by atoms with Gasteiger partial charge >= 0.3 is 5.97 Å². The molecule has 0 aliphatic rings. The summed E-state index contributed by atoms with van der Waals surface area (Å²) >= 11 is 0. The number of nitrogens with one attached hydrogen (secondary N) is 1. The molecule has 2 aromatic carbocycles. The topological polar surface area (TPSA) is 92.9 Å². The summed E-state index contributed by atoms with van der Waals surface area (Å²) < 4.78 is 1.73. The highest BCUT2D eigenvalue weighted by atomic mass is 16.4. The monoisotopic (exact) mass is 345 g/mol. The molecule has 4 rings (SSSR count). The molecule has 128 valence electrons. The lowest BCUT2D eigenvalue weighted by molar-refractivity contribution is 0.0697. The summed E-state index contributed by atoms with van der Waals surface area (Å²) in [5.74, 6) is -0.368. The smallest absolute Gasteiger partial charge is 0.335 e. The Hall–Kier alpha value is -3.74. The number of aromatic nitrogens is 4. The van der Waals surface area contributed by atoms with Gasteiger partial charge in [0.15, 0.2) is 5.82 Å². The van der Waals surface area contributed by atoms with E-state index in [1.165, 1.54) is 0 Å². The van der Waals surface area contributed by atoms with E-state index in [4.69, 9.17) is 5.11 Å². The second-order valence-corrected chi connectivity index (χ2v) is 5.72. The van der Waals surface area contributed by atoms with Crippen molar-refractivity contribution < 1.29 is 9.90 Å². The maximum atomic E-state index is 11.0. The van der Waals surface area contributed by atoms with Gasteiger partial charge in [0.25, 0.3) is 0 Å². The van der Waals surface area contributed by atoms with Gasteiger partial charge in [-0.1, -0.05) is 12.1 Å². The van der Waals surface area contributed by atoms with Gasteiger partial charge in [-0.05, 0) is 30.3 Å². The van der Waals surface area contributed by atoms with Gasteiger partial charge in [-0.3, -0.25) is 4.98 Å². The minimum atomic E-state index is -0.959. The number of anilines is 1. The maximum Gasteiger partial charge on any atom is 0.335 e. The molecule has 26 heavy (non-hydrogen) atoms. The fourth-order valence-electron chi connectivity index (χ4n) is 2.74. The Morgan fingerprint density at radius 3 is 2.62 bits per heavy atom. The van der Waals surface area contributed by atoms with Crippen LogP contribution in [0.4, 0.5) is 5.69 Å². The van der Waals surface area contributed by atoms with Gasteiger partial charge in [0, 0.05) is 23.7 Å². The average molecular weight is 345 g/mol. The Morgan fingerprint density at radius 1 is 1.08 bits per heavy atom. The summed E-state index contributed by atoms with van der Waals surface area (Å²) in [4.78, 5) is 19.9. The van der Waals surface area contributed by atoms with Crippen LogP contribution in [0.2, 0.25) is 0 Å². The number of fused-ring (bicyclic) bond motifs is 1. The molecule has 2 N–H and O–H groups in total. The van der Waals surface area contributed by atoms with E-state index in [1.54, 1.807) is 47.5 Å². The maximum absolute atomic E-state index is 11.0. The van der Waals surface area contributed by atoms with Gasteiger partial charge in [0.05, 0.1) is 35.4 Å². The summed E-state index contributed by atoms with van der Waals surface area (Å²) in [7, 11) is 1.86. The van der Waals surface area contributed by atoms with Crippen molar-refractivity contribution in [1.82, 2.24) is 19.7 Å². The second-order valence-electron chi connectivity index (χ2n) is 5.72. The molecule has 0 bridgehead atoms. The van der Waals surface area contributed by atoms with E-state index in [0.717, 1.165) is 22.2 Å². The van der Waals surface area contributed by atoms with Crippen molar-refractivity contribution in [2.45, 2.75) is 0 Å². The standard InChI is InChI=1S/C19H15N5O2/c1-20-15-7-6-14-9-22-24(17(14)8-15)18-11-21-10-16(23-18)12-2-4-13(5-3-12)19(25)26/h2-11,20H,1H3,(H,25,26). The molecule has 0 aliphatic carbocycles. The van der Waals surface area contributed by atoms with Crippen molar-refractivity contribution >= 4 is 22.6 Å². The van der Waals surface area contributed by atoms with Gasteiger partial charge in [-0.25, -0.2) is 14.5 Å². The highest BCUT2D eigenvalue weighted by Crippen LogP contribution is 2.23. The van der Waals surface area contributed by atoms with Crippen LogP contribution in [-0.4, -0.2) is 37.9 Å². The molecule has 0 saturated carbocycles. The van der Waals surface area contributed by atoms with Gasteiger partial charge in [0.2, 0.25) is 0 Å². The summed E-state index contributed by atoms with van der Waals surface area (Å²) in [5, 5.41) is 17.6. The third-order valence-electron chi connectivity index (χ3n) is 4.13. The molecule has 4 aromatic rings. The molecule has 0 saturated heterocycles. The first-order valence-electron chi connectivity index (χ1n) is 7.97. The normalized spacial score (nSPS) is 10.8. The number of hydrogen-bond donors (Lipinski definition) is 2. The number of rotatable bonds is 4. The van der Waals surface area contributed by atoms with Gasteiger partial charge < -0.3 is 10.4 Å². The molecule has 0 spiro atoms. The molecular formula is C19H15N5O2. The summed E-state index contributed by atoms with van der Waals surface area (Å²) in [5.41, 5.74) is 3.57. The molecule has 2 aromatic heterocycles. The van der Waals surface area contributed by atoms with Crippen molar-refractivity contribution in [3.63, 3.8) is 0 Å². The van der Waals surface area contributed by atoms with Crippen molar-refractivity contribution in [3.05, 3.63) is 66.6 Å². The third kappa shape index (κ3) is 2.75. The first-order valence-corrected chi connectivity index (χ1v) is 7.97. The van der Waals surface area contributed by atoms with E-state index in [-0.39, 0.29) is 5.56 Å². The van der Waals surface area contributed by atoms with Gasteiger partial charge in [-0.2, -0.15) is 5.10 Å². The van der Waals surface area contributed by atoms with Crippen LogP contribution >= 0.6 is 0 Å². The van der Waals surface area contributed by atoms with Gasteiger partial charge in [0.1, 0.15) is 0 Å². The molecule has 0 fully saturated rings. The predicted molar refractivity (Wildman–Crippen MR) is 98.6 cm³/mol. The number of carbonyl (C=O) groups is 1. The number of hydrogen-bond acceptors (Lipinski definition) is 5. The molecule has 0 unspecified atom stereocenters. The minimum absolute atomic E-state index is 0.232. The van der Waals surface area contributed by atoms with E-state index in [0.29, 0.717) is 11.5 Å². The zero-order chi connectivity index (χ0) is 18.1. The molecule has 0 aliphatic heterocycles. The number of aromatic carboxylic acids is 1. The summed E-state index contributed by atoms with van der Waals surface area (Å²) in [6.07, 6.45) is 5.07. The van der Waals surface area contributed by atoms with Crippen molar-refractivity contribution in [2.24, 2.45) is 0 Å². The van der Waals surface area contributed by atoms with Crippen LogP contribution in [0.15, 0.2) is 61.1 Å². The predicted octanol–water partition coefficient (Wildman–Crippen LogP) is 3.22. The lowest BCUT2D eigenvalue weighted by Gasteiger charge is -2.07. The zero-order valence-electron chi connectivity index (χ0n) is 13.9. The SMILES string of the molecule is CNc1ccc2cnn(-c3cncc(-c4ccc(C(=O)O)cc4)n3)c2c1. The number of carboxylic acid groups (broad SMARTS) is 1. The fourth-order valence-corrected chi connectivity index (χ4v) is 2.74. The van der Waals surface area contributed by atoms with Crippen LogP contribution in [0.3, 0.4) is 0 Å². The van der Waals surface area contributed by atoms with Gasteiger partial charge in [-0.15, -0.1) is 0 Å². The Labute approximate surface area is 149 Å². The van der Waals surface area contributed by atoms with Crippen LogP contribution < -0.4 is 5.32 Å². The summed E-state index contributed by atoms with van der Waals surface area (Å²) in [6.45, 7) is 0. The van der Waals surface area contributed by atoms with Crippen molar-refractivity contribution in [2.75, 3.05) is 12.4 Å². The van der Waals surface area contributed by atoms with Crippen LogP contribution in [-0.2, 0) is 0 Å². The molecular weight excluding hydrogens is 330 g/mol. The van der Waals surface area contributed by atoms with E-state index in [1.807, 2.05) is 25.2 Å². The van der Waals surface area contributed by atoms with E-state index >= 15 is 0 Å². The zero-order valence-corrected chi connectivity index (χ0v) is 13.9. The largest absolute Gasteiger partial charge is 0.478 e. The first kappa shape index (κ1) is 15.8. The lowest BCUT2D eigenvalue weighted by Crippen LogP contribution is -2.02. The third-order valence-corrected chi connectivity index (χ3v) is 4.13. The molecule has 2 heterocycles. The molecule has 7 nitrogen and oxygen atoms in total. The Morgan fingerprint density at radius 2 is 1.88 bits per heavy atom. The van der Waals surface area contributed by atoms with Crippen LogP contribution in [0.1, 0.15) is 10.4 Å². The molecule has 0 atom stereocenters. The Bertz CT molecular complexity index is 1100. The van der Waals surface area contributed by atoms with E-state index in [9.17, 15) is 4.79 Å². The average Bonchev–Trinajstić information content (AvgIpc) is 3.11. The molecule has 0 radical (unpaired) electrons. The quantitative estimate of drug-likeness (QED) is 0.590.